The molecule has 0 bridgehead atoms. The number of amides is 1. The van der Waals surface area contributed by atoms with Crippen LogP contribution < -0.4 is 19.5 Å². The van der Waals surface area contributed by atoms with Gasteiger partial charge in [-0.1, -0.05) is 18.2 Å². The summed E-state index contributed by atoms with van der Waals surface area (Å²) in [4.78, 5) is 16.2. The Morgan fingerprint density at radius 3 is 2.60 bits per heavy atom. The SMILES string of the molecule is COc1ccccc1CNC(=O)Cn1c(C(F)(F)F)nc2cc3c(cc21)OCCO3. The Labute approximate surface area is 169 Å². The second-order valence-corrected chi connectivity index (χ2v) is 6.59. The van der Waals surface area contributed by atoms with E-state index in [1.165, 1.54) is 19.2 Å². The number of carbonyl (C=O) groups excluding carboxylic acids is 1. The van der Waals surface area contributed by atoms with Gasteiger partial charge in [0.25, 0.3) is 0 Å². The summed E-state index contributed by atoms with van der Waals surface area (Å²) in [5.74, 6) is -0.538. The fourth-order valence-electron chi connectivity index (χ4n) is 3.28. The molecule has 0 unspecified atom stereocenters. The van der Waals surface area contributed by atoms with E-state index in [2.05, 4.69) is 10.3 Å². The van der Waals surface area contributed by atoms with Gasteiger partial charge in [-0.3, -0.25) is 4.79 Å². The minimum atomic E-state index is -4.73. The number of carbonyl (C=O) groups is 1. The molecule has 4 rings (SSSR count). The lowest BCUT2D eigenvalue weighted by atomic mass is 10.2. The first-order valence-electron chi connectivity index (χ1n) is 9.12. The normalized spacial score (nSPS) is 13.3. The first-order chi connectivity index (χ1) is 14.4. The minimum Gasteiger partial charge on any atom is -0.496 e. The molecule has 2 heterocycles. The number of rotatable bonds is 5. The number of halogens is 3. The van der Waals surface area contributed by atoms with Crippen LogP contribution in [0.3, 0.4) is 0 Å². The highest BCUT2D eigenvalue weighted by Gasteiger charge is 2.38. The van der Waals surface area contributed by atoms with Crippen LogP contribution >= 0.6 is 0 Å². The number of alkyl halides is 3. The highest BCUT2D eigenvalue weighted by Crippen LogP contribution is 2.38. The average Bonchev–Trinajstić information content (AvgIpc) is 3.08. The van der Waals surface area contributed by atoms with Crippen molar-refractivity contribution >= 4 is 16.9 Å². The number of para-hydroxylation sites is 1. The molecule has 0 spiro atoms. The van der Waals surface area contributed by atoms with Gasteiger partial charge >= 0.3 is 6.18 Å². The number of benzene rings is 2. The predicted molar refractivity (Wildman–Crippen MR) is 101 cm³/mol. The second-order valence-electron chi connectivity index (χ2n) is 6.59. The Morgan fingerprint density at radius 1 is 1.20 bits per heavy atom. The Hall–Kier alpha value is -3.43. The lowest BCUT2D eigenvalue weighted by Gasteiger charge is -2.18. The Morgan fingerprint density at radius 2 is 1.90 bits per heavy atom. The van der Waals surface area contributed by atoms with Crippen molar-refractivity contribution in [3.8, 4) is 17.2 Å². The first-order valence-corrected chi connectivity index (χ1v) is 9.12. The highest BCUT2D eigenvalue weighted by atomic mass is 19.4. The van der Waals surface area contributed by atoms with E-state index in [0.29, 0.717) is 29.4 Å². The summed E-state index contributed by atoms with van der Waals surface area (Å²) in [7, 11) is 1.50. The molecule has 1 aliphatic heterocycles. The van der Waals surface area contributed by atoms with E-state index >= 15 is 0 Å². The smallest absolute Gasteiger partial charge is 0.449 e. The number of hydrogen-bond acceptors (Lipinski definition) is 5. The zero-order valence-electron chi connectivity index (χ0n) is 16.0. The summed E-state index contributed by atoms with van der Waals surface area (Å²) < 4.78 is 57.6. The third-order valence-electron chi connectivity index (χ3n) is 4.64. The zero-order valence-corrected chi connectivity index (χ0v) is 16.0. The molecule has 1 amide bonds. The molecule has 0 fully saturated rings. The van der Waals surface area contributed by atoms with Crippen molar-refractivity contribution in [1.29, 1.82) is 0 Å². The Balaban J connectivity index is 1.62. The summed E-state index contributed by atoms with van der Waals surface area (Å²) in [6.07, 6.45) is -4.73. The quantitative estimate of drug-likeness (QED) is 0.685. The van der Waals surface area contributed by atoms with Crippen LogP contribution in [0.25, 0.3) is 11.0 Å². The van der Waals surface area contributed by atoms with Gasteiger partial charge in [0.05, 0.1) is 18.1 Å². The van der Waals surface area contributed by atoms with Crippen molar-refractivity contribution in [3.05, 3.63) is 47.8 Å². The molecule has 0 radical (unpaired) electrons. The van der Waals surface area contributed by atoms with Crippen LogP contribution in [0.1, 0.15) is 11.4 Å². The lowest BCUT2D eigenvalue weighted by Crippen LogP contribution is -2.29. The van der Waals surface area contributed by atoms with Gasteiger partial charge in [0.15, 0.2) is 11.5 Å². The van der Waals surface area contributed by atoms with Gasteiger partial charge in [-0.25, -0.2) is 4.98 Å². The molecule has 10 heteroatoms. The summed E-state index contributed by atoms with van der Waals surface area (Å²) in [6.45, 7) is 0.151. The van der Waals surface area contributed by atoms with Crippen LogP contribution in [0.2, 0.25) is 0 Å². The van der Waals surface area contributed by atoms with Crippen molar-refractivity contribution in [2.45, 2.75) is 19.3 Å². The van der Waals surface area contributed by atoms with E-state index in [-0.39, 0.29) is 24.2 Å². The van der Waals surface area contributed by atoms with Crippen molar-refractivity contribution in [1.82, 2.24) is 14.9 Å². The van der Waals surface area contributed by atoms with E-state index in [1.54, 1.807) is 24.3 Å². The molecule has 1 N–H and O–H groups in total. The molecule has 0 atom stereocenters. The molecule has 7 nitrogen and oxygen atoms in total. The van der Waals surface area contributed by atoms with Crippen molar-refractivity contribution in [2.75, 3.05) is 20.3 Å². The molecular weight excluding hydrogens is 403 g/mol. The first kappa shape index (κ1) is 19.9. The van der Waals surface area contributed by atoms with E-state index in [1.807, 2.05) is 0 Å². The summed E-state index contributed by atoms with van der Waals surface area (Å²) >= 11 is 0. The van der Waals surface area contributed by atoms with Gasteiger partial charge < -0.3 is 24.1 Å². The predicted octanol–water partition coefficient (Wildman–Crippen LogP) is 3.15. The van der Waals surface area contributed by atoms with E-state index in [9.17, 15) is 18.0 Å². The lowest BCUT2D eigenvalue weighted by molar-refractivity contribution is -0.147. The number of fused-ring (bicyclic) bond motifs is 2. The molecule has 158 valence electrons. The van der Waals surface area contributed by atoms with Crippen LogP contribution in [0.4, 0.5) is 13.2 Å². The molecule has 0 saturated carbocycles. The molecule has 1 aromatic heterocycles. The maximum absolute atomic E-state index is 13.6. The van der Waals surface area contributed by atoms with Gasteiger partial charge in [-0.05, 0) is 6.07 Å². The molecule has 0 saturated heterocycles. The number of hydrogen-bond donors (Lipinski definition) is 1. The fraction of sp³-hybridized carbons (Fsp3) is 0.300. The van der Waals surface area contributed by atoms with Crippen molar-refractivity contribution in [3.63, 3.8) is 0 Å². The summed E-state index contributed by atoms with van der Waals surface area (Å²) in [6, 6.07) is 9.86. The molecule has 3 aromatic rings. The standard InChI is InChI=1S/C20H18F3N3O4/c1-28-15-5-3-2-4-12(15)10-24-18(27)11-26-14-9-17-16(29-6-7-30-17)8-13(14)25-19(26)20(21,22)23/h2-5,8-9H,6-7,10-11H2,1H3,(H,24,27). The van der Waals surface area contributed by atoms with Crippen LogP contribution in [0.15, 0.2) is 36.4 Å². The molecule has 2 aromatic carbocycles. The van der Waals surface area contributed by atoms with Crippen LogP contribution in [0, 0.1) is 0 Å². The van der Waals surface area contributed by atoms with E-state index in [0.717, 1.165) is 4.57 Å². The fourth-order valence-corrected chi connectivity index (χ4v) is 3.28. The van der Waals surface area contributed by atoms with Crippen LogP contribution in [-0.4, -0.2) is 35.8 Å². The number of aromatic nitrogens is 2. The third kappa shape index (κ3) is 3.85. The van der Waals surface area contributed by atoms with Crippen LogP contribution in [-0.2, 0) is 24.1 Å². The highest BCUT2D eigenvalue weighted by molar-refractivity contribution is 5.84. The maximum Gasteiger partial charge on any atom is 0.449 e. The zero-order chi connectivity index (χ0) is 21.3. The largest absolute Gasteiger partial charge is 0.496 e. The van der Waals surface area contributed by atoms with Gasteiger partial charge in [0.2, 0.25) is 11.7 Å². The van der Waals surface area contributed by atoms with E-state index in [4.69, 9.17) is 14.2 Å². The van der Waals surface area contributed by atoms with Gasteiger partial charge in [-0.2, -0.15) is 13.2 Å². The van der Waals surface area contributed by atoms with E-state index < -0.39 is 24.5 Å². The molecule has 1 aliphatic rings. The maximum atomic E-state index is 13.6. The van der Waals surface area contributed by atoms with Gasteiger partial charge in [-0.15, -0.1) is 0 Å². The molecule has 0 aliphatic carbocycles. The van der Waals surface area contributed by atoms with Gasteiger partial charge in [0.1, 0.15) is 25.5 Å². The number of methoxy groups -OCH3 is 1. The monoisotopic (exact) mass is 421 g/mol. The number of nitrogens with zero attached hydrogens (tertiary/aromatic N) is 2. The third-order valence-corrected chi connectivity index (χ3v) is 4.64. The number of nitrogens with one attached hydrogen (secondary N) is 1. The number of ether oxygens (including phenoxy) is 3. The molecular formula is C20H18F3N3O4. The van der Waals surface area contributed by atoms with Crippen molar-refractivity contribution in [2.24, 2.45) is 0 Å². The minimum absolute atomic E-state index is 0.0732. The summed E-state index contributed by atoms with van der Waals surface area (Å²) in [5.41, 5.74) is 0.919. The van der Waals surface area contributed by atoms with Gasteiger partial charge in [0, 0.05) is 24.2 Å². The molecule has 30 heavy (non-hydrogen) atoms. The topological polar surface area (TPSA) is 74.6 Å². The second kappa shape index (κ2) is 7.77. The average molecular weight is 421 g/mol. The number of imidazole rings is 1. The van der Waals surface area contributed by atoms with Crippen LogP contribution in [0.5, 0.6) is 17.2 Å². The Bertz CT molecular complexity index is 1090. The van der Waals surface area contributed by atoms with Crippen molar-refractivity contribution < 1.29 is 32.2 Å². The Kier molecular flexibility index (Phi) is 5.15. The summed E-state index contributed by atoms with van der Waals surface area (Å²) in [5, 5.41) is 2.63.